The van der Waals surface area contributed by atoms with Crippen molar-refractivity contribution in [2.24, 2.45) is 0 Å². The molecule has 0 aliphatic carbocycles. The first kappa shape index (κ1) is 26.9. The van der Waals surface area contributed by atoms with E-state index in [0.717, 1.165) is 10.0 Å². The average Bonchev–Trinajstić information content (AvgIpc) is 2.86. The van der Waals surface area contributed by atoms with Crippen molar-refractivity contribution in [1.82, 2.24) is 9.97 Å². The van der Waals surface area contributed by atoms with Gasteiger partial charge in [0, 0.05) is 45.6 Å². The summed E-state index contributed by atoms with van der Waals surface area (Å²) in [5.41, 5.74) is 1.20. The molecule has 10 heteroatoms. The van der Waals surface area contributed by atoms with Crippen molar-refractivity contribution in [3.05, 3.63) is 101 Å². The molecule has 0 fully saturated rings. The minimum absolute atomic E-state index is 0.0949. The quantitative estimate of drug-likeness (QED) is 0.384. The fourth-order valence-corrected chi connectivity index (χ4v) is 2.76. The molecule has 34 heavy (non-hydrogen) atoms. The van der Waals surface area contributed by atoms with Crippen LogP contribution >= 0.6 is 15.9 Å². The minimum atomic E-state index is -1.72. The van der Waals surface area contributed by atoms with Crippen molar-refractivity contribution in [1.29, 1.82) is 0 Å². The molecule has 4 aromatic rings. The van der Waals surface area contributed by atoms with Crippen LogP contribution < -0.4 is 14.9 Å². The Labute approximate surface area is 205 Å². The van der Waals surface area contributed by atoms with Crippen LogP contribution in [0.3, 0.4) is 0 Å². The topological polar surface area (TPSA) is 84.7 Å². The zero-order chi connectivity index (χ0) is 24.9. The van der Waals surface area contributed by atoms with E-state index in [4.69, 9.17) is 19.5 Å². The molecular weight excluding hydrogens is 509 g/mol. The molecule has 2 N–H and O–H groups in total. The molecule has 0 radical (unpaired) electrons. The van der Waals surface area contributed by atoms with Gasteiger partial charge < -0.3 is 19.5 Å². The Bertz CT molecular complexity index is 1150. The molecule has 2 aromatic carbocycles. The second-order valence-corrected chi connectivity index (χ2v) is 7.40. The fourth-order valence-electron chi connectivity index (χ4n) is 2.52. The second kappa shape index (κ2) is 14.0. The number of hydrogen-bond acceptors (Lipinski definition) is 6. The van der Waals surface area contributed by atoms with Crippen LogP contribution in [-0.2, 0) is 0 Å². The number of pyridine rings is 2. The van der Waals surface area contributed by atoms with Crippen molar-refractivity contribution >= 4 is 28.5 Å². The lowest BCUT2D eigenvalue weighted by Gasteiger charge is -2.03. The smallest absolute Gasteiger partial charge is 0.481 e. The van der Waals surface area contributed by atoms with Gasteiger partial charge in [-0.25, -0.2) is 18.7 Å². The largest absolute Gasteiger partial charge is 0.491 e. The van der Waals surface area contributed by atoms with Crippen molar-refractivity contribution in [2.45, 2.75) is 0 Å². The van der Waals surface area contributed by atoms with Crippen LogP contribution in [-0.4, -0.2) is 41.4 Å². The first-order valence-electron chi connectivity index (χ1n) is 9.86. The van der Waals surface area contributed by atoms with Gasteiger partial charge in [0.15, 0.2) is 0 Å². The molecule has 0 aliphatic heterocycles. The summed E-state index contributed by atoms with van der Waals surface area (Å²) in [5.74, 6) is 0.315. The van der Waals surface area contributed by atoms with E-state index in [1.54, 1.807) is 63.0 Å². The number of aromatic nitrogens is 2. The molecule has 0 saturated carbocycles. The maximum Gasteiger partial charge on any atom is 0.491 e. The van der Waals surface area contributed by atoms with Gasteiger partial charge in [0.1, 0.15) is 11.6 Å². The number of benzene rings is 2. The standard InChI is InChI=1S/C12H10FNO.C6H6BFO2.C6H6BrNO/c1-15-12-7-6-9(8-14-12)10-4-2-3-5-11(10)13;8-6-4-2-1-3-5(6)7(9)10;1-9-6-3-2-5(7)4-8-6/h2-8H,1H3;1-4,9-10H;2-4H,1H3. The number of halogens is 3. The Hall–Kier alpha value is -3.34. The Kier molecular flexibility index (Phi) is 11.1. The molecule has 0 unspecified atom stereocenters. The second-order valence-electron chi connectivity index (χ2n) is 6.48. The third-order valence-corrected chi connectivity index (χ3v) is 4.69. The molecule has 4 rings (SSSR count). The summed E-state index contributed by atoms with van der Waals surface area (Å²) in [4.78, 5) is 7.95. The molecule has 2 aromatic heterocycles. The normalized spacial score (nSPS) is 9.62. The minimum Gasteiger partial charge on any atom is -0.481 e. The van der Waals surface area contributed by atoms with E-state index in [0.29, 0.717) is 17.3 Å². The number of ether oxygens (including phenoxy) is 2. The lowest BCUT2D eigenvalue weighted by molar-refractivity contribution is 0.397. The molecular formula is C24H22BBrF2N2O4. The maximum atomic E-state index is 13.4. The van der Waals surface area contributed by atoms with E-state index in [1.165, 1.54) is 30.3 Å². The maximum absolute atomic E-state index is 13.4. The summed E-state index contributed by atoms with van der Waals surface area (Å²) in [6.45, 7) is 0. The van der Waals surface area contributed by atoms with Gasteiger partial charge in [-0.15, -0.1) is 0 Å². The highest BCUT2D eigenvalue weighted by Gasteiger charge is 2.14. The van der Waals surface area contributed by atoms with Gasteiger partial charge in [0.25, 0.3) is 0 Å². The van der Waals surface area contributed by atoms with Crippen molar-refractivity contribution < 1.29 is 28.3 Å². The average molecular weight is 531 g/mol. The third kappa shape index (κ3) is 8.55. The van der Waals surface area contributed by atoms with E-state index in [-0.39, 0.29) is 11.3 Å². The van der Waals surface area contributed by atoms with Crippen LogP contribution in [0, 0.1) is 11.6 Å². The van der Waals surface area contributed by atoms with E-state index in [2.05, 4.69) is 25.9 Å². The predicted octanol–water partition coefficient (Wildman–Crippen LogP) is 4.25. The summed E-state index contributed by atoms with van der Waals surface area (Å²) in [5, 5.41) is 17.0. The SMILES string of the molecule is COc1ccc(-c2ccccc2F)cn1.COc1ccc(Br)cn1.OB(O)c1ccccc1F. The highest BCUT2D eigenvalue weighted by Crippen LogP contribution is 2.22. The van der Waals surface area contributed by atoms with Crippen LogP contribution in [0.15, 0.2) is 89.7 Å². The molecule has 0 atom stereocenters. The number of rotatable bonds is 4. The van der Waals surface area contributed by atoms with Crippen LogP contribution in [0.1, 0.15) is 0 Å². The molecule has 0 aliphatic rings. The molecule has 176 valence electrons. The Morgan fingerprint density at radius 3 is 1.74 bits per heavy atom. The van der Waals surface area contributed by atoms with Crippen LogP contribution in [0.5, 0.6) is 11.8 Å². The first-order chi connectivity index (χ1) is 16.3. The first-order valence-corrected chi connectivity index (χ1v) is 10.7. The van der Waals surface area contributed by atoms with Gasteiger partial charge in [-0.3, -0.25) is 0 Å². The Morgan fingerprint density at radius 1 is 0.735 bits per heavy atom. The van der Waals surface area contributed by atoms with Crippen molar-refractivity contribution in [2.75, 3.05) is 14.2 Å². The number of methoxy groups -OCH3 is 2. The van der Waals surface area contributed by atoms with Crippen LogP contribution in [0.4, 0.5) is 8.78 Å². The summed E-state index contributed by atoms with van der Waals surface area (Å²) in [6.07, 6.45) is 3.29. The van der Waals surface area contributed by atoms with Gasteiger partial charge in [0.2, 0.25) is 11.8 Å². The van der Waals surface area contributed by atoms with E-state index >= 15 is 0 Å². The summed E-state index contributed by atoms with van der Waals surface area (Å²) in [7, 11) is 1.42. The Morgan fingerprint density at radius 2 is 1.29 bits per heavy atom. The predicted molar refractivity (Wildman–Crippen MR) is 131 cm³/mol. The van der Waals surface area contributed by atoms with E-state index < -0.39 is 12.9 Å². The van der Waals surface area contributed by atoms with Crippen LogP contribution in [0.2, 0.25) is 0 Å². The summed E-state index contributed by atoms with van der Waals surface area (Å²) < 4.78 is 36.6. The van der Waals surface area contributed by atoms with Crippen molar-refractivity contribution in [3.8, 4) is 22.9 Å². The molecule has 0 bridgehead atoms. The molecule has 0 spiro atoms. The third-order valence-electron chi connectivity index (χ3n) is 4.22. The van der Waals surface area contributed by atoms with Crippen LogP contribution in [0.25, 0.3) is 11.1 Å². The molecule has 0 saturated heterocycles. The van der Waals surface area contributed by atoms with E-state index in [1.807, 2.05) is 6.07 Å². The van der Waals surface area contributed by atoms with Gasteiger partial charge in [-0.1, -0.05) is 36.4 Å². The van der Waals surface area contributed by atoms with E-state index in [9.17, 15) is 8.78 Å². The lowest BCUT2D eigenvalue weighted by atomic mass is 9.80. The molecule has 2 heterocycles. The van der Waals surface area contributed by atoms with Crippen molar-refractivity contribution in [3.63, 3.8) is 0 Å². The molecule has 0 amide bonds. The number of nitrogens with zero attached hydrogens (tertiary/aromatic N) is 2. The van der Waals surface area contributed by atoms with Gasteiger partial charge in [0.05, 0.1) is 14.2 Å². The monoisotopic (exact) mass is 530 g/mol. The molecule has 6 nitrogen and oxygen atoms in total. The highest BCUT2D eigenvalue weighted by atomic mass is 79.9. The zero-order valence-corrected chi connectivity index (χ0v) is 20.0. The highest BCUT2D eigenvalue weighted by molar-refractivity contribution is 9.10. The number of hydrogen-bond donors (Lipinski definition) is 2. The summed E-state index contributed by atoms with van der Waals surface area (Å²) in [6, 6.07) is 19.3. The van der Waals surface area contributed by atoms with Gasteiger partial charge in [-0.05, 0) is 40.2 Å². The zero-order valence-electron chi connectivity index (χ0n) is 18.4. The van der Waals surface area contributed by atoms with Gasteiger partial charge in [-0.2, -0.15) is 0 Å². The van der Waals surface area contributed by atoms with Gasteiger partial charge >= 0.3 is 7.12 Å². The lowest BCUT2D eigenvalue weighted by Crippen LogP contribution is -2.32. The fraction of sp³-hybridized carbons (Fsp3) is 0.0833. The Balaban J connectivity index is 0.000000189. The summed E-state index contributed by atoms with van der Waals surface area (Å²) >= 11 is 3.26.